The van der Waals surface area contributed by atoms with E-state index in [9.17, 15) is 19.2 Å². The molecule has 0 aliphatic rings. The van der Waals surface area contributed by atoms with Crippen molar-refractivity contribution >= 4 is 40.9 Å². The van der Waals surface area contributed by atoms with Crippen molar-refractivity contribution in [3.8, 4) is 0 Å². The molecule has 0 aliphatic heterocycles. The van der Waals surface area contributed by atoms with Crippen molar-refractivity contribution in [3.63, 3.8) is 0 Å². The molecule has 0 bridgehead atoms. The summed E-state index contributed by atoms with van der Waals surface area (Å²) in [6.07, 6.45) is 0. The first-order chi connectivity index (χ1) is 15.3. The number of anilines is 1. The maximum atomic E-state index is 12.9. The van der Waals surface area contributed by atoms with Crippen molar-refractivity contribution in [1.82, 2.24) is 4.90 Å². The Bertz CT molecular complexity index is 944. The molecule has 0 radical (unpaired) electrons. The van der Waals surface area contributed by atoms with Gasteiger partial charge in [-0.1, -0.05) is 41.9 Å². The average molecular weight is 461 g/mol. The highest BCUT2D eigenvalue weighted by molar-refractivity contribution is 6.31. The molecule has 0 aromatic heterocycles. The molecule has 9 heteroatoms. The molecule has 2 rings (SSSR count). The van der Waals surface area contributed by atoms with E-state index in [1.165, 1.54) is 17.0 Å². The summed E-state index contributed by atoms with van der Waals surface area (Å²) in [5.41, 5.74) is 0.927. The van der Waals surface area contributed by atoms with Crippen LogP contribution >= 0.6 is 11.6 Å². The van der Waals surface area contributed by atoms with Gasteiger partial charge in [0, 0.05) is 16.1 Å². The molecular weight excluding hydrogens is 436 g/mol. The molecule has 1 amide bonds. The number of rotatable bonds is 11. The molecule has 0 saturated carbocycles. The molecule has 0 atom stereocenters. The van der Waals surface area contributed by atoms with Crippen molar-refractivity contribution in [2.24, 2.45) is 0 Å². The van der Waals surface area contributed by atoms with Gasteiger partial charge in [0.15, 0.2) is 5.78 Å². The first-order valence-corrected chi connectivity index (χ1v) is 10.4. The van der Waals surface area contributed by atoms with E-state index in [-0.39, 0.29) is 49.9 Å². The molecule has 2 aromatic carbocycles. The number of esters is 2. The van der Waals surface area contributed by atoms with Gasteiger partial charge in [0.2, 0.25) is 5.91 Å². The number of halogens is 1. The normalized spacial score (nSPS) is 10.5. The summed E-state index contributed by atoms with van der Waals surface area (Å²) in [4.78, 5) is 50.6. The number of carbonyl (C=O) groups excluding carboxylic acids is 4. The van der Waals surface area contributed by atoms with Crippen molar-refractivity contribution in [2.45, 2.75) is 13.8 Å². The van der Waals surface area contributed by atoms with Gasteiger partial charge in [0.25, 0.3) is 0 Å². The number of nitrogens with zero attached hydrogens (tertiary/aromatic N) is 1. The topological polar surface area (TPSA) is 102 Å². The van der Waals surface area contributed by atoms with Gasteiger partial charge in [0.05, 0.1) is 38.5 Å². The molecule has 0 heterocycles. The van der Waals surface area contributed by atoms with Crippen LogP contribution in [0.5, 0.6) is 0 Å². The molecule has 1 N–H and O–H groups in total. The molecule has 0 unspecified atom stereocenters. The third-order valence-corrected chi connectivity index (χ3v) is 4.45. The minimum absolute atomic E-state index is 0.175. The lowest BCUT2D eigenvalue weighted by Crippen LogP contribution is -2.41. The molecule has 0 spiro atoms. The van der Waals surface area contributed by atoms with Gasteiger partial charge in [-0.05, 0) is 32.0 Å². The van der Waals surface area contributed by atoms with Gasteiger partial charge in [-0.25, -0.2) is 0 Å². The van der Waals surface area contributed by atoms with Crippen LogP contribution in [0.15, 0.2) is 48.5 Å². The maximum absolute atomic E-state index is 12.9. The van der Waals surface area contributed by atoms with Crippen molar-refractivity contribution < 1.29 is 28.7 Å². The number of ether oxygens (including phenoxy) is 2. The number of hydrogen-bond donors (Lipinski definition) is 1. The molecule has 0 aliphatic carbocycles. The summed E-state index contributed by atoms with van der Waals surface area (Å²) in [7, 11) is 0. The molecule has 170 valence electrons. The summed E-state index contributed by atoms with van der Waals surface area (Å²) in [6.45, 7) is 2.84. The van der Waals surface area contributed by atoms with E-state index in [0.29, 0.717) is 10.6 Å². The number of amides is 1. The van der Waals surface area contributed by atoms with Crippen LogP contribution in [0.2, 0.25) is 5.02 Å². The molecule has 2 aromatic rings. The van der Waals surface area contributed by atoms with Gasteiger partial charge in [-0.3, -0.25) is 24.1 Å². The largest absolute Gasteiger partial charge is 0.465 e. The smallest absolute Gasteiger partial charge is 0.320 e. The second kappa shape index (κ2) is 12.6. The second-order valence-corrected chi connectivity index (χ2v) is 7.12. The lowest BCUT2D eigenvalue weighted by atomic mass is 10.0. The lowest BCUT2D eigenvalue weighted by Gasteiger charge is -2.20. The summed E-state index contributed by atoms with van der Waals surface area (Å²) in [6, 6.07) is 13.1. The van der Waals surface area contributed by atoms with Crippen molar-refractivity contribution in [1.29, 1.82) is 0 Å². The van der Waals surface area contributed by atoms with Crippen molar-refractivity contribution in [2.75, 3.05) is 38.2 Å². The lowest BCUT2D eigenvalue weighted by molar-refractivity contribution is -0.148. The zero-order valence-corrected chi connectivity index (χ0v) is 18.7. The highest BCUT2D eigenvalue weighted by atomic mass is 35.5. The molecule has 0 saturated heterocycles. The number of ketones is 1. The van der Waals surface area contributed by atoms with Crippen LogP contribution in [-0.4, -0.2) is 61.4 Å². The minimum atomic E-state index is -0.573. The second-order valence-electron chi connectivity index (χ2n) is 6.69. The third-order valence-electron chi connectivity index (χ3n) is 4.22. The van der Waals surface area contributed by atoms with Crippen molar-refractivity contribution in [3.05, 3.63) is 64.7 Å². The summed E-state index contributed by atoms with van der Waals surface area (Å²) in [5, 5.41) is 3.01. The minimum Gasteiger partial charge on any atom is -0.465 e. The first kappa shape index (κ1) is 25.0. The number of benzene rings is 2. The van der Waals surface area contributed by atoms with Gasteiger partial charge >= 0.3 is 11.9 Å². The first-order valence-electron chi connectivity index (χ1n) is 10.1. The predicted octanol–water partition coefficient (Wildman–Crippen LogP) is 2.94. The Hall–Kier alpha value is -3.23. The Morgan fingerprint density at radius 1 is 0.875 bits per heavy atom. The van der Waals surface area contributed by atoms with Gasteiger partial charge in [-0.2, -0.15) is 0 Å². The van der Waals surface area contributed by atoms with Gasteiger partial charge in [0.1, 0.15) is 0 Å². The standard InChI is InChI=1S/C23H25ClN2O6/c1-3-31-21(28)14-26(15-22(29)32-4-2)13-20(27)25-19-11-10-17(24)12-18(19)23(30)16-8-6-5-7-9-16/h5-12H,3-4,13-15H2,1-2H3,(H,25,27). The Kier molecular flexibility index (Phi) is 9.84. The van der Waals surface area contributed by atoms with E-state index in [1.54, 1.807) is 50.2 Å². The zero-order chi connectivity index (χ0) is 23.5. The van der Waals surface area contributed by atoms with E-state index < -0.39 is 17.8 Å². The van der Waals surface area contributed by atoms with Gasteiger partial charge in [-0.15, -0.1) is 0 Å². The summed E-state index contributed by atoms with van der Waals surface area (Å²) >= 11 is 6.07. The fraction of sp³-hybridized carbons (Fsp3) is 0.304. The van der Waals surface area contributed by atoms with Crippen LogP contribution in [0, 0.1) is 0 Å². The Labute approximate surface area is 191 Å². The van der Waals surface area contributed by atoms with Crippen LogP contribution in [0.25, 0.3) is 0 Å². The summed E-state index contributed by atoms with van der Waals surface area (Å²) in [5.74, 6) is -1.98. The third kappa shape index (κ3) is 7.79. The predicted molar refractivity (Wildman–Crippen MR) is 120 cm³/mol. The Morgan fingerprint density at radius 3 is 2.03 bits per heavy atom. The van der Waals surface area contributed by atoms with Crippen LogP contribution in [0.1, 0.15) is 29.8 Å². The molecule has 0 fully saturated rings. The fourth-order valence-electron chi connectivity index (χ4n) is 2.90. The number of carbonyl (C=O) groups is 4. The molecule has 8 nitrogen and oxygen atoms in total. The monoisotopic (exact) mass is 460 g/mol. The van der Waals surface area contributed by atoms with E-state index >= 15 is 0 Å². The van der Waals surface area contributed by atoms with Gasteiger partial charge < -0.3 is 14.8 Å². The van der Waals surface area contributed by atoms with E-state index in [1.807, 2.05) is 0 Å². The number of hydrogen-bond acceptors (Lipinski definition) is 7. The maximum Gasteiger partial charge on any atom is 0.320 e. The molecule has 32 heavy (non-hydrogen) atoms. The SMILES string of the molecule is CCOC(=O)CN(CC(=O)Nc1ccc(Cl)cc1C(=O)c1ccccc1)CC(=O)OCC. The number of nitrogens with one attached hydrogen (secondary N) is 1. The van der Waals surface area contributed by atoms with Crippen LogP contribution < -0.4 is 5.32 Å². The highest BCUT2D eigenvalue weighted by Crippen LogP contribution is 2.23. The summed E-state index contributed by atoms with van der Waals surface area (Å²) < 4.78 is 9.81. The van der Waals surface area contributed by atoms with Crippen LogP contribution in [0.4, 0.5) is 5.69 Å². The Morgan fingerprint density at radius 2 is 1.47 bits per heavy atom. The van der Waals surface area contributed by atoms with E-state index in [4.69, 9.17) is 21.1 Å². The molecular formula is C23H25ClN2O6. The van der Waals surface area contributed by atoms with Crippen LogP contribution in [-0.2, 0) is 23.9 Å². The quantitative estimate of drug-likeness (QED) is 0.406. The Balaban J connectivity index is 2.17. The highest BCUT2D eigenvalue weighted by Gasteiger charge is 2.21. The van der Waals surface area contributed by atoms with Crippen LogP contribution in [0.3, 0.4) is 0 Å². The average Bonchev–Trinajstić information content (AvgIpc) is 2.75. The fourth-order valence-corrected chi connectivity index (χ4v) is 3.07. The van der Waals surface area contributed by atoms with E-state index in [0.717, 1.165) is 0 Å². The van der Waals surface area contributed by atoms with E-state index in [2.05, 4.69) is 5.32 Å². The zero-order valence-electron chi connectivity index (χ0n) is 17.9.